The number of ketones is 2. The normalized spacial score (nSPS) is 39.4. The number of alkyl halides is 2. The van der Waals surface area contributed by atoms with Gasteiger partial charge in [-0.2, -0.15) is 0 Å². The topological polar surface area (TPSA) is 119 Å². The number of rotatable bonds is 12. The molecule has 0 saturated heterocycles. The molecule has 9 unspecified atom stereocenters. The molecule has 10 heteroatoms. The van der Waals surface area contributed by atoms with Crippen molar-refractivity contribution in [3.05, 3.63) is 35.6 Å². The number of fused-ring (bicyclic) bond motifs is 7. The molecule has 5 aliphatic rings. The van der Waals surface area contributed by atoms with E-state index in [9.17, 15) is 24.3 Å². The van der Waals surface area contributed by atoms with E-state index in [-0.39, 0.29) is 37.3 Å². The summed E-state index contributed by atoms with van der Waals surface area (Å²) in [6, 6.07) is 0. The molecule has 2 N–H and O–H groups in total. The van der Waals surface area contributed by atoms with Crippen molar-refractivity contribution < 1.29 is 42.5 Å². The molecule has 0 bridgehead atoms. The average molecular weight is 632 g/mol. The highest BCUT2D eigenvalue weighted by molar-refractivity contribution is 6.01. The number of nitrogens with one attached hydrogen (secondary N) is 1. The van der Waals surface area contributed by atoms with Crippen LogP contribution in [0.4, 0.5) is 8.78 Å². The first kappa shape index (κ1) is 33.5. The Hall–Kier alpha value is -2.88. The van der Waals surface area contributed by atoms with E-state index in [1.165, 1.54) is 12.2 Å². The summed E-state index contributed by atoms with van der Waals surface area (Å²) < 4.78 is 45.5. The van der Waals surface area contributed by atoms with Crippen molar-refractivity contribution in [3.8, 4) is 0 Å². The summed E-state index contributed by atoms with van der Waals surface area (Å²) in [7, 11) is 0. The number of hydrogen-bond donors (Lipinski definition) is 2. The Kier molecular flexibility index (Phi) is 9.21. The zero-order valence-electron chi connectivity index (χ0n) is 26.8. The Balaban J connectivity index is 1.40. The van der Waals surface area contributed by atoms with Gasteiger partial charge in [-0.15, -0.1) is 0 Å². The Bertz CT molecular complexity index is 1330. The lowest BCUT2D eigenvalue weighted by molar-refractivity contribution is -0.224. The highest BCUT2D eigenvalue weighted by atomic mass is 19.1. The second-order valence-electron chi connectivity index (χ2n) is 14.1. The van der Waals surface area contributed by atoms with Crippen molar-refractivity contribution >= 4 is 23.4 Å². The van der Waals surface area contributed by atoms with E-state index in [1.807, 2.05) is 26.8 Å². The van der Waals surface area contributed by atoms with Crippen LogP contribution in [0.2, 0.25) is 0 Å². The van der Waals surface area contributed by atoms with Gasteiger partial charge >= 0.3 is 5.97 Å². The summed E-state index contributed by atoms with van der Waals surface area (Å²) in [5.41, 5.74) is -6.35. The molecule has 3 saturated carbocycles. The molecule has 5 rings (SSSR count). The molecule has 0 aromatic carbocycles. The number of halogens is 2. The Labute approximate surface area is 264 Å². The van der Waals surface area contributed by atoms with Crippen molar-refractivity contribution in [2.24, 2.45) is 28.6 Å². The van der Waals surface area contributed by atoms with Crippen LogP contribution in [0.3, 0.4) is 0 Å². The van der Waals surface area contributed by atoms with E-state index in [0.717, 1.165) is 31.8 Å². The Morgan fingerprint density at radius 2 is 1.84 bits per heavy atom. The van der Waals surface area contributed by atoms with E-state index in [0.29, 0.717) is 25.0 Å². The van der Waals surface area contributed by atoms with Crippen LogP contribution < -0.4 is 5.32 Å². The lowest BCUT2D eigenvalue weighted by atomic mass is 9.44. The summed E-state index contributed by atoms with van der Waals surface area (Å²) in [5.74, 6) is -2.97. The third kappa shape index (κ3) is 5.19. The van der Waals surface area contributed by atoms with Crippen molar-refractivity contribution in [1.82, 2.24) is 5.32 Å². The predicted octanol–water partition coefficient (Wildman–Crippen LogP) is 5.18. The standard InChI is InChI=1S/C35H47F2NO7/c1-5-7-9-23-15-21-16-24-25-18-27(36)26-17-22(39)11-13-32(26,3)34(25,37)28(40)19-33(24,4)35(21,45-23)29(41)20-44-31(43)12-14-38-30(42)10-8-6-2/h11,13,15,17,21,24-25,27-28,40H,5-10,12,14,16,18-20H2,1-4H3,(H,38,42). The van der Waals surface area contributed by atoms with Crippen LogP contribution in [0, 0.1) is 28.6 Å². The van der Waals surface area contributed by atoms with Gasteiger partial charge in [-0.05, 0) is 68.7 Å². The average Bonchev–Trinajstić information content (AvgIpc) is 3.48. The Morgan fingerprint density at radius 3 is 2.56 bits per heavy atom. The molecule has 248 valence electrons. The number of amides is 1. The van der Waals surface area contributed by atoms with Crippen LogP contribution >= 0.6 is 0 Å². The number of ether oxygens (including phenoxy) is 2. The molecule has 0 spiro atoms. The van der Waals surface area contributed by atoms with Gasteiger partial charge in [0, 0.05) is 42.1 Å². The van der Waals surface area contributed by atoms with Gasteiger partial charge in [0.05, 0.1) is 18.3 Å². The minimum atomic E-state index is -2.27. The highest BCUT2D eigenvalue weighted by Gasteiger charge is 2.79. The van der Waals surface area contributed by atoms with Crippen molar-refractivity contribution in [1.29, 1.82) is 0 Å². The maximum absolute atomic E-state index is 17.6. The van der Waals surface area contributed by atoms with Gasteiger partial charge in [0.2, 0.25) is 11.7 Å². The van der Waals surface area contributed by atoms with Crippen LogP contribution in [0.15, 0.2) is 35.6 Å². The molecule has 9 atom stereocenters. The van der Waals surface area contributed by atoms with Crippen LogP contribution in [0.5, 0.6) is 0 Å². The van der Waals surface area contributed by atoms with Crippen LogP contribution in [0.25, 0.3) is 0 Å². The van der Waals surface area contributed by atoms with Crippen LogP contribution in [0.1, 0.15) is 91.9 Å². The molecular weight excluding hydrogens is 584 g/mol. The third-order valence-corrected chi connectivity index (χ3v) is 11.5. The first-order valence-corrected chi connectivity index (χ1v) is 16.6. The first-order chi connectivity index (χ1) is 21.3. The molecule has 4 aliphatic carbocycles. The number of carbonyl (C=O) groups excluding carboxylic acids is 4. The Morgan fingerprint density at radius 1 is 1.11 bits per heavy atom. The minimum Gasteiger partial charge on any atom is -0.483 e. The van der Waals surface area contributed by atoms with Gasteiger partial charge in [0.25, 0.3) is 0 Å². The molecule has 45 heavy (non-hydrogen) atoms. The fraction of sp³-hybridized carbons (Fsp3) is 0.714. The number of unbranched alkanes of at least 4 members (excludes halogenated alkanes) is 2. The number of Topliss-reactive ketones (excluding diaryl/α,β-unsaturated/α-hetero) is 1. The maximum Gasteiger partial charge on any atom is 0.308 e. The van der Waals surface area contributed by atoms with Gasteiger partial charge in [0.1, 0.15) is 6.17 Å². The summed E-state index contributed by atoms with van der Waals surface area (Å²) in [5, 5.41) is 14.4. The second-order valence-corrected chi connectivity index (χ2v) is 14.1. The third-order valence-electron chi connectivity index (χ3n) is 11.5. The maximum atomic E-state index is 17.6. The fourth-order valence-corrected chi connectivity index (χ4v) is 9.24. The van der Waals surface area contributed by atoms with Crippen molar-refractivity contribution in [2.45, 2.75) is 115 Å². The number of aliphatic hydroxyl groups is 1. The van der Waals surface area contributed by atoms with Gasteiger partial charge < -0.3 is 19.9 Å². The molecule has 1 heterocycles. The number of allylic oxidation sites excluding steroid dienone is 5. The van der Waals surface area contributed by atoms with Gasteiger partial charge in [0.15, 0.2) is 23.7 Å². The molecular formula is C35H47F2NO7. The summed E-state index contributed by atoms with van der Waals surface area (Å²) in [4.78, 5) is 50.9. The smallest absolute Gasteiger partial charge is 0.308 e. The monoisotopic (exact) mass is 631 g/mol. The summed E-state index contributed by atoms with van der Waals surface area (Å²) >= 11 is 0. The number of carbonyl (C=O) groups is 4. The molecule has 8 nitrogen and oxygen atoms in total. The van der Waals surface area contributed by atoms with E-state index < -0.39 is 76.3 Å². The molecule has 1 aliphatic heterocycles. The highest BCUT2D eigenvalue weighted by Crippen LogP contribution is 2.73. The van der Waals surface area contributed by atoms with Crippen molar-refractivity contribution in [3.63, 3.8) is 0 Å². The lowest BCUT2D eigenvalue weighted by Crippen LogP contribution is -2.70. The quantitative estimate of drug-likeness (QED) is 0.285. The zero-order valence-corrected chi connectivity index (χ0v) is 26.8. The first-order valence-electron chi connectivity index (χ1n) is 16.6. The van der Waals surface area contributed by atoms with Crippen molar-refractivity contribution in [2.75, 3.05) is 13.2 Å². The van der Waals surface area contributed by atoms with Gasteiger partial charge in [-0.1, -0.05) is 39.7 Å². The summed E-state index contributed by atoms with van der Waals surface area (Å²) in [6.45, 7) is 6.92. The number of hydrogen-bond acceptors (Lipinski definition) is 7. The second kappa shape index (κ2) is 12.4. The largest absolute Gasteiger partial charge is 0.483 e. The fourth-order valence-electron chi connectivity index (χ4n) is 9.24. The molecule has 3 fully saturated rings. The van der Waals surface area contributed by atoms with Crippen LogP contribution in [-0.4, -0.2) is 65.2 Å². The molecule has 0 aromatic heterocycles. The molecule has 1 amide bonds. The van der Waals surface area contributed by atoms with E-state index >= 15 is 8.78 Å². The van der Waals surface area contributed by atoms with E-state index in [2.05, 4.69) is 5.32 Å². The SMILES string of the molecule is CCCCC(=O)NCCC(=O)OCC(=O)C12OC(CCCC)=CC1CC1C3CC(F)C4=CC(=O)C=CC4(C)C3(F)C(O)CC12C. The van der Waals surface area contributed by atoms with Gasteiger partial charge in [-0.3, -0.25) is 19.2 Å². The lowest BCUT2D eigenvalue weighted by Gasteiger charge is -2.63. The van der Waals surface area contributed by atoms with E-state index in [4.69, 9.17) is 9.47 Å². The van der Waals surface area contributed by atoms with Gasteiger partial charge in [-0.25, -0.2) is 8.78 Å². The minimum absolute atomic E-state index is 0.0480. The summed E-state index contributed by atoms with van der Waals surface area (Å²) in [6.07, 6.45) is 6.83. The zero-order chi connectivity index (χ0) is 32.8. The van der Waals surface area contributed by atoms with Crippen LogP contribution in [-0.2, 0) is 28.7 Å². The number of esters is 1. The molecule has 0 aromatic rings. The molecule has 0 radical (unpaired) electrons. The predicted molar refractivity (Wildman–Crippen MR) is 162 cm³/mol. The number of aliphatic hydroxyl groups excluding tert-OH is 1. The van der Waals surface area contributed by atoms with E-state index in [1.54, 1.807) is 6.92 Å².